The van der Waals surface area contributed by atoms with E-state index in [1.165, 1.54) is 33.4 Å². The molecule has 0 saturated carbocycles. The van der Waals surface area contributed by atoms with Gasteiger partial charge in [0, 0.05) is 35.1 Å². The molecule has 2 fully saturated rings. The summed E-state index contributed by atoms with van der Waals surface area (Å²) in [5, 5.41) is 0. The van der Waals surface area contributed by atoms with E-state index in [-0.39, 0.29) is 21.7 Å². The maximum absolute atomic E-state index is 6.57. The lowest BCUT2D eigenvalue weighted by molar-refractivity contribution is 0.271. The monoisotopic (exact) mass is 564 g/mol. The molecule has 0 spiro atoms. The van der Waals surface area contributed by atoms with E-state index < -0.39 is 0 Å². The van der Waals surface area contributed by atoms with Gasteiger partial charge in [0.1, 0.15) is 11.5 Å². The van der Waals surface area contributed by atoms with Crippen LogP contribution in [0.3, 0.4) is 0 Å². The molecule has 0 amide bonds. The second-order valence-corrected chi connectivity index (χ2v) is 16.4. The van der Waals surface area contributed by atoms with Crippen molar-refractivity contribution in [1.82, 2.24) is 0 Å². The van der Waals surface area contributed by atoms with Crippen LogP contribution < -0.4 is 9.47 Å². The number of rotatable bonds is 10. The molecule has 2 heterocycles. The van der Waals surface area contributed by atoms with E-state index in [4.69, 9.17) is 18.9 Å². The highest BCUT2D eigenvalue weighted by atomic mass is 16.6. The van der Waals surface area contributed by atoms with Gasteiger partial charge in [-0.3, -0.25) is 0 Å². The van der Waals surface area contributed by atoms with Crippen molar-refractivity contribution in [2.75, 3.05) is 26.4 Å². The molecule has 4 nitrogen and oxygen atoms in total. The van der Waals surface area contributed by atoms with E-state index in [2.05, 4.69) is 107 Å². The number of hydrogen-bond donors (Lipinski definition) is 0. The molecule has 2 saturated heterocycles. The van der Waals surface area contributed by atoms with Gasteiger partial charge in [-0.05, 0) is 39.2 Å². The fourth-order valence-electron chi connectivity index (χ4n) is 5.41. The molecule has 2 aromatic carbocycles. The third-order valence-corrected chi connectivity index (χ3v) is 8.11. The van der Waals surface area contributed by atoms with Crippen molar-refractivity contribution in [2.24, 2.45) is 0 Å². The molecule has 2 aromatic rings. The fraction of sp³-hybridized carbons (Fsp3) is 0.676. The molecule has 0 N–H and O–H groups in total. The van der Waals surface area contributed by atoms with Gasteiger partial charge in [0.25, 0.3) is 0 Å². The molecule has 0 radical (unpaired) electrons. The molecular weight excluding hydrogens is 508 g/mol. The van der Waals surface area contributed by atoms with E-state index >= 15 is 0 Å². The molecule has 4 rings (SSSR count). The molecule has 2 aliphatic rings. The molecule has 2 atom stereocenters. The summed E-state index contributed by atoms with van der Waals surface area (Å²) in [6.45, 7) is 30.7. The number of ether oxygens (including phenoxy) is 4. The van der Waals surface area contributed by atoms with Gasteiger partial charge in [0.15, 0.2) is 0 Å². The van der Waals surface area contributed by atoms with Crippen molar-refractivity contribution in [3.8, 4) is 11.5 Å². The highest BCUT2D eigenvalue weighted by molar-refractivity contribution is 5.54. The Labute approximate surface area is 250 Å². The first-order chi connectivity index (χ1) is 18.8. The smallest absolute Gasteiger partial charge is 0.126 e. The van der Waals surface area contributed by atoms with Gasteiger partial charge < -0.3 is 18.9 Å². The van der Waals surface area contributed by atoms with Crippen LogP contribution in [0.2, 0.25) is 0 Å². The molecule has 0 aromatic heterocycles. The lowest BCUT2D eigenvalue weighted by Gasteiger charge is -2.32. The third-order valence-electron chi connectivity index (χ3n) is 8.11. The first-order valence-electron chi connectivity index (χ1n) is 15.7. The third kappa shape index (κ3) is 8.51. The van der Waals surface area contributed by atoms with Crippen LogP contribution in [0.4, 0.5) is 0 Å². The Morgan fingerprint density at radius 2 is 0.805 bits per heavy atom. The molecule has 2 aliphatic heterocycles. The first-order valence-corrected chi connectivity index (χ1v) is 15.7. The topological polar surface area (TPSA) is 43.5 Å². The number of hydrogen-bond acceptors (Lipinski definition) is 4. The maximum atomic E-state index is 6.57. The normalized spacial score (nSPS) is 19.3. The first kappa shape index (κ1) is 31.9. The van der Waals surface area contributed by atoms with Crippen molar-refractivity contribution in [1.29, 1.82) is 0 Å². The van der Waals surface area contributed by atoms with Crippen molar-refractivity contribution in [3.05, 3.63) is 57.6 Å². The highest BCUT2D eigenvalue weighted by Crippen LogP contribution is 2.44. The summed E-state index contributed by atoms with van der Waals surface area (Å²) >= 11 is 0. The van der Waals surface area contributed by atoms with Crippen LogP contribution in [0.25, 0.3) is 0 Å². The summed E-state index contributed by atoms with van der Waals surface area (Å²) in [7, 11) is 0. The molecule has 0 aliphatic carbocycles. The summed E-state index contributed by atoms with van der Waals surface area (Å²) in [5.74, 6) is 2.12. The minimum Gasteiger partial charge on any atom is -0.493 e. The van der Waals surface area contributed by atoms with Crippen LogP contribution in [-0.4, -0.2) is 38.6 Å². The van der Waals surface area contributed by atoms with Crippen molar-refractivity contribution in [2.45, 2.75) is 136 Å². The summed E-state index contributed by atoms with van der Waals surface area (Å²) in [5.41, 5.74) is 7.62. The molecule has 2 unspecified atom stereocenters. The highest BCUT2D eigenvalue weighted by Gasteiger charge is 2.31. The van der Waals surface area contributed by atoms with Gasteiger partial charge in [-0.25, -0.2) is 0 Å². The Kier molecular flexibility index (Phi) is 8.99. The molecule has 41 heavy (non-hydrogen) atoms. The van der Waals surface area contributed by atoms with Crippen LogP contribution in [0.1, 0.15) is 129 Å². The average Bonchev–Trinajstić information content (AvgIpc) is 3.73. The largest absolute Gasteiger partial charge is 0.493 e. The van der Waals surface area contributed by atoms with Gasteiger partial charge in [-0.1, -0.05) is 107 Å². The van der Waals surface area contributed by atoms with E-state index in [9.17, 15) is 0 Å². The van der Waals surface area contributed by atoms with Gasteiger partial charge in [-0.15, -0.1) is 0 Å². The van der Waals surface area contributed by atoms with Crippen LogP contribution in [-0.2, 0) is 37.6 Å². The second-order valence-electron chi connectivity index (χ2n) is 16.4. The average molecular weight is 565 g/mol. The zero-order valence-electron chi connectivity index (χ0n) is 28.0. The quantitative estimate of drug-likeness (QED) is 0.271. The Balaban J connectivity index is 1.77. The van der Waals surface area contributed by atoms with Crippen molar-refractivity contribution < 1.29 is 18.9 Å². The van der Waals surface area contributed by atoms with Crippen LogP contribution in [0.5, 0.6) is 11.5 Å². The number of epoxide rings is 2. The summed E-state index contributed by atoms with van der Waals surface area (Å²) in [6.07, 6.45) is 3.50. The van der Waals surface area contributed by atoms with Crippen molar-refractivity contribution in [3.63, 3.8) is 0 Å². The Hall–Kier alpha value is -2.04. The summed E-state index contributed by atoms with van der Waals surface area (Å²) in [4.78, 5) is 0. The standard InChI is InChI=1S/C37H56O4/c1-34(2,3)28-18-24(19-29(35(4,5)6)32(28)38-15-13-26-22-40-26)17-25-20-30(36(7,8)9)33(31(21-25)37(10,11)12)39-16-14-27-23-41-27/h18-21,26-27H,13-17,22-23H2,1-12H3. The Bertz CT molecular complexity index is 1040. The molecule has 228 valence electrons. The zero-order valence-corrected chi connectivity index (χ0v) is 28.0. The Morgan fingerprint density at radius 3 is 1.02 bits per heavy atom. The van der Waals surface area contributed by atoms with E-state index in [1.807, 2.05) is 0 Å². The van der Waals surface area contributed by atoms with Crippen molar-refractivity contribution >= 4 is 0 Å². The second kappa shape index (κ2) is 11.6. The lowest BCUT2D eigenvalue weighted by atomic mass is 9.76. The van der Waals surface area contributed by atoms with E-state index in [0.717, 1.165) is 44.0 Å². The van der Waals surface area contributed by atoms with Gasteiger partial charge in [0.2, 0.25) is 0 Å². The maximum Gasteiger partial charge on any atom is 0.126 e. The lowest BCUT2D eigenvalue weighted by Crippen LogP contribution is -2.22. The minimum absolute atomic E-state index is 0.0441. The zero-order chi connectivity index (χ0) is 30.4. The molecule has 0 bridgehead atoms. The van der Waals surface area contributed by atoms with E-state index in [0.29, 0.717) is 25.4 Å². The van der Waals surface area contributed by atoms with Gasteiger partial charge in [-0.2, -0.15) is 0 Å². The van der Waals surface area contributed by atoms with E-state index in [1.54, 1.807) is 0 Å². The van der Waals surface area contributed by atoms with Gasteiger partial charge >= 0.3 is 0 Å². The summed E-state index contributed by atoms with van der Waals surface area (Å²) in [6, 6.07) is 9.58. The molecular formula is C37H56O4. The van der Waals surface area contributed by atoms with Crippen LogP contribution in [0, 0.1) is 0 Å². The van der Waals surface area contributed by atoms with Crippen LogP contribution >= 0.6 is 0 Å². The Morgan fingerprint density at radius 1 is 0.537 bits per heavy atom. The predicted molar refractivity (Wildman–Crippen MR) is 170 cm³/mol. The fourth-order valence-corrected chi connectivity index (χ4v) is 5.41. The minimum atomic E-state index is -0.0441. The predicted octanol–water partition coefficient (Wildman–Crippen LogP) is 8.80. The van der Waals surface area contributed by atoms with Crippen LogP contribution in [0.15, 0.2) is 24.3 Å². The SMILES string of the molecule is CC(C)(C)c1cc(Cc2cc(C(C)(C)C)c(OCCC3CO3)c(C(C)(C)C)c2)cc(C(C)(C)C)c1OCCC1CO1. The summed E-state index contributed by atoms with van der Waals surface area (Å²) < 4.78 is 24.0. The molecule has 4 heteroatoms. The van der Waals surface area contributed by atoms with Gasteiger partial charge in [0.05, 0.1) is 38.6 Å². The number of benzene rings is 2.